The first-order valence-corrected chi connectivity index (χ1v) is 12.9. The molecule has 0 spiro atoms. The zero-order valence-electron chi connectivity index (χ0n) is 21.3. The summed E-state index contributed by atoms with van der Waals surface area (Å²) in [5.74, 6) is -0.0217. The highest BCUT2D eigenvalue weighted by Gasteiger charge is 2.25. The number of hydrogen-bond donors (Lipinski definition) is 4. The number of amides is 1. The van der Waals surface area contributed by atoms with Crippen LogP contribution < -0.4 is 25.6 Å². The van der Waals surface area contributed by atoms with Gasteiger partial charge in [-0.05, 0) is 50.5 Å². The Kier molecular flexibility index (Phi) is 8.69. The lowest BCUT2D eigenvalue weighted by Gasteiger charge is -2.37. The van der Waals surface area contributed by atoms with Crippen LogP contribution in [-0.4, -0.2) is 73.9 Å². The van der Waals surface area contributed by atoms with Gasteiger partial charge in [-0.3, -0.25) is 10.2 Å². The predicted molar refractivity (Wildman–Crippen MR) is 147 cm³/mol. The number of nitrogens with one attached hydrogen (secondary N) is 4. The van der Waals surface area contributed by atoms with Crippen molar-refractivity contribution in [2.24, 2.45) is 0 Å². The number of benzene rings is 1. The minimum atomic E-state index is -3.06. The number of piperidine rings is 1. The van der Waals surface area contributed by atoms with E-state index in [1.54, 1.807) is 13.1 Å². The van der Waals surface area contributed by atoms with Crippen LogP contribution in [0.25, 0.3) is 0 Å². The lowest BCUT2D eigenvalue weighted by atomic mass is 10.0. The highest BCUT2D eigenvalue weighted by atomic mass is 32.1. The van der Waals surface area contributed by atoms with Crippen LogP contribution in [0, 0.1) is 5.41 Å². The lowest BCUT2D eigenvalue weighted by Crippen LogP contribution is -2.42. The Morgan fingerprint density at radius 2 is 2.00 bits per heavy atom. The van der Waals surface area contributed by atoms with E-state index in [-0.39, 0.29) is 23.1 Å². The van der Waals surface area contributed by atoms with E-state index in [2.05, 4.69) is 30.8 Å². The molecule has 1 aliphatic heterocycles. The Balaban J connectivity index is 1.65. The molecule has 1 aliphatic rings. The summed E-state index contributed by atoms with van der Waals surface area (Å²) in [5, 5.41) is 19.1. The molecule has 13 heteroatoms. The molecular weight excluding hydrogens is 514 g/mol. The fourth-order valence-corrected chi connectivity index (χ4v) is 5.28. The number of thiophene rings is 1. The first kappa shape index (κ1) is 27.2. The van der Waals surface area contributed by atoms with Crippen LogP contribution in [0.2, 0.25) is 0 Å². The van der Waals surface area contributed by atoms with Gasteiger partial charge in [0.05, 0.1) is 39.0 Å². The summed E-state index contributed by atoms with van der Waals surface area (Å²) in [5.41, 5.74) is 2.52. The Bertz CT molecular complexity index is 1280. The monoisotopic (exact) mass is 544 g/mol. The van der Waals surface area contributed by atoms with Gasteiger partial charge in [0.25, 0.3) is 0 Å². The van der Waals surface area contributed by atoms with Gasteiger partial charge < -0.3 is 30.5 Å². The zero-order valence-corrected chi connectivity index (χ0v) is 22.1. The molecule has 0 bridgehead atoms. The molecule has 0 unspecified atom stereocenters. The van der Waals surface area contributed by atoms with Crippen molar-refractivity contribution >= 4 is 52.2 Å². The molecule has 0 atom stereocenters. The van der Waals surface area contributed by atoms with E-state index in [4.69, 9.17) is 10.1 Å². The number of halogens is 2. The van der Waals surface area contributed by atoms with Crippen molar-refractivity contribution in [3.8, 4) is 5.75 Å². The summed E-state index contributed by atoms with van der Waals surface area (Å²) in [6.07, 6.45) is 3.81. The SMILES string of the molecule is CNc1ccsc1C(=N)c1ccnc(Nc2cc(NC=O)c(N3CCC(N(C)C)CC3)cc2OC(F)F)n1. The maximum absolute atomic E-state index is 13.4. The summed E-state index contributed by atoms with van der Waals surface area (Å²) < 4.78 is 31.6. The molecule has 10 nitrogen and oxygen atoms in total. The highest BCUT2D eigenvalue weighted by molar-refractivity contribution is 7.13. The van der Waals surface area contributed by atoms with Gasteiger partial charge in [0, 0.05) is 38.4 Å². The quantitative estimate of drug-likeness (QED) is 0.207. The smallest absolute Gasteiger partial charge is 0.387 e. The lowest BCUT2D eigenvalue weighted by molar-refractivity contribution is -0.105. The molecule has 3 aromatic rings. The molecule has 1 saturated heterocycles. The molecule has 0 saturated carbocycles. The molecular formula is C25H30F2N8O2S. The number of carbonyl (C=O) groups is 1. The van der Waals surface area contributed by atoms with E-state index in [0.717, 1.165) is 18.5 Å². The van der Waals surface area contributed by atoms with Crippen LogP contribution in [0.1, 0.15) is 23.4 Å². The molecule has 38 heavy (non-hydrogen) atoms. The molecule has 1 amide bonds. The third kappa shape index (κ3) is 6.17. The number of carbonyl (C=O) groups excluding carboxylic acids is 1. The molecule has 3 heterocycles. The van der Waals surface area contributed by atoms with Crippen molar-refractivity contribution in [2.75, 3.05) is 55.1 Å². The van der Waals surface area contributed by atoms with Crippen molar-refractivity contribution in [1.82, 2.24) is 14.9 Å². The molecule has 4 rings (SSSR count). The summed E-state index contributed by atoms with van der Waals surface area (Å²) >= 11 is 1.40. The van der Waals surface area contributed by atoms with Crippen LogP contribution in [0.5, 0.6) is 5.75 Å². The molecule has 202 valence electrons. The molecule has 0 aliphatic carbocycles. The second-order valence-corrected chi connectivity index (χ2v) is 9.78. The minimum Gasteiger partial charge on any atom is -0.433 e. The number of nitrogens with zero attached hydrogens (tertiary/aromatic N) is 4. The second kappa shape index (κ2) is 12.1. The first-order chi connectivity index (χ1) is 18.3. The van der Waals surface area contributed by atoms with Crippen molar-refractivity contribution in [1.29, 1.82) is 5.41 Å². The minimum absolute atomic E-state index is 0.0885. The maximum atomic E-state index is 13.4. The van der Waals surface area contributed by atoms with Crippen LogP contribution in [0.4, 0.5) is 37.5 Å². The van der Waals surface area contributed by atoms with Gasteiger partial charge in [-0.2, -0.15) is 8.78 Å². The highest BCUT2D eigenvalue weighted by Crippen LogP contribution is 2.40. The van der Waals surface area contributed by atoms with Gasteiger partial charge >= 0.3 is 6.61 Å². The number of ether oxygens (including phenoxy) is 1. The topological polar surface area (TPSA) is 118 Å². The number of aromatic nitrogens is 2. The maximum Gasteiger partial charge on any atom is 0.387 e. The molecule has 0 radical (unpaired) electrons. The Hall–Kier alpha value is -3.84. The van der Waals surface area contributed by atoms with Crippen LogP contribution in [0.15, 0.2) is 35.8 Å². The van der Waals surface area contributed by atoms with Crippen molar-refractivity contribution in [3.63, 3.8) is 0 Å². The van der Waals surface area contributed by atoms with Crippen LogP contribution in [0.3, 0.4) is 0 Å². The Morgan fingerprint density at radius 3 is 2.66 bits per heavy atom. The van der Waals surface area contributed by atoms with Gasteiger partial charge in [0.15, 0.2) is 5.75 Å². The van der Waals surface area contributed by atoms with E-state index >= 15 is 0 Å². The number of anilines is 5. The van der Waals surface area contributed by atoms with E-state index in [1.807, 2.05) is 30.4 Å². The molecule has 1 fully saturated rings. The van der Waals surface area contributed by atoms with Crippen molar-refractivity contribution < 1.29 is 18.3 Å². The van der Waals surface area contributed by atoms with Crippen LogP contribution in [-0.2, 0) is 4.79 Å². The van der Waals surface area contributed by atoms with Gasteiger partial charge in [0.2, 0.25) is 12.4 Å². The van der Waals surface area contributed by atoms with Crippen molar-refractivity contribution in [2.45, 2.75) is 25.5 Å². The van der Waals surface area contributed by atoms with E-state index in [1.165, 1.54) is 29.7 Å². The largest absolute Gasteiger partial charge is 0.433 e. The van der Waals surface area contributed by atoms with E-state index < -0.39 is 6.61 Å². The van der Waals surface area contributed by atoms with Gasteiger partial charge in [-0.1, -0.05) is 0 Å². The third-order valence-corrected chi connectivity index (χ3v) is 7.32. The normalized spacial score (nSPS) is 14.0. The Morgan fingerprint density at radius 1 is 1.24 bits per heavy atom. The fraction of sp³-hybridized carbons (Fsp3) is 0.360. The zero-order chi connectivity index (χ0) is 27.2. The summed E-state index contributed by atoms with van der Waals surface area (Å²) in [4.78, 5) is 24.9. The average molecular weight is 545 g/mol. The van der Waals surface area contributed by atoms with E-state index in [0.29, 0.717) is 47.5 Å². The fourth-order valence-electron chi connectivity index (χ4n) is 4.42. The molecule has 1 aromatic carbocycles. The standard InChI is InChI=1S/C25H30F2N8O2S/c1-29-17-7-11-38-23(17)22(28)16-4-8-30-25(32-16)33-19-12-18(31-14-36)20(13-21(19)37-24(26)27)35-9-5-15(6-10-35)34(2)3/h4,7-8,11-15,24,28-29H,5-6,9-10H2,1-3H3,(H,31,36)(H,30,32,33). The second-order valence-electron chi connectivity index (χ2n) is 8.87. The van der Waals surface area contributed by atoms with Gasteiger partial charge in [0.1, 0.15) is 0 Å². The summed E-state index contributed by atoms with van der Waals surface area (Å²) in [6.45, 7) is -1.67. The van der Waals surface area contributed by atoms with E-state index in [9.17, 15) is 13.6 Å². The van der Waals surface area contributed by atoms with Crippen LogP contribution >= 0.6 is 11.3 Å². The first-order valence-electron chi connectivity index (χ1n) is 12.0. The summed E-state index contributed by atoms with van der Waals surface area (Å²) in [7, 11) is 5.84. The van der Waals surface area contributed by atoms with Gasteiger partial charge in [-0.25, -0.2) is 9.97 Å². The number of rotatable bonds is 11. The number of alkyl halides is 2. The molecule has 4 N–H and O–H groups in total. The third-order valence-electron chi connectivity index (χ3n) is 6.38. The Labute approximate surface area is 223 Å². The van der Waals surface area contributed by atoms with Gasteiger partial charge in [-0.15, -0.1) is 11.3 Å². The van der Waals surface area contributed by atoms with Crippen molar-refractivity contribution in [3.05, 3.63) is 46.4 Å². The summed E-state index contributed by atoms with van der Waals surface area (Å²) in [6, 6.07) is 6.91. The average Bonchev–Trinajstić information content (AvgIpc) is 3.39. The predicted octanol–water partition coefficient (Wildman–Crippen LogP) is 4.44. The number of hydrogen-bond acceptors (Lipinski definition) is 10. The molecule has 2 aromatic heterocycles.